The molecule has 4 heterocycles. The van der Waals surface area contributed by atoms with Gasteiger partial charge in [-0.1, -0.05) is 0 Å². The van der Waals surface area contributed by atoms with Crippen molar-refractivity contribution in [1.82, 2.24) is 24.5 Å². The molecule has 1 aromatic carbocycles. The number of fused-ring (bicyclic) bond motifs is 1. The minimum Gasteiger partial charge on any atom is -0.481 e. The molecule has 1 aliphatic heterocycles. The molecule has 4 aromatic rings. The molecule has 6 rings (SSSR count). The van der Waals surface area contributed by atoms with E-state index in [-0.39, 0.29) is 5.82 Å². The van der Waals surface area contributed by atoms with Crippen molar-refractivity contribution in [2.45, 2.75) is 18.9 Å². The third-order valence-electron chi connectivity index (χ3n) is 6.50. The summed E-state index contributed by atoms with van der Waals surface area (Å²) in [6.07, 6.45) is 4.39. The average molecular weight is 445 g/mol. The molecule has 0 amide bonds. The summed E-state index contributed by atoms with van der Waals surface area (Å²) in [6.45, 7) is 4.08. The first-order valence-corrected chi connectivity index (χ1v) is 11.3. The molecule has 2 aliphatic rings. The minimum atomic E-state index is -0.277. The molecule has 0 spiro atoms. The fraction of sp³-hybridized carbons (Fsp3) is 0.320. The van der Waals surface area contributed by atoms with Gasteiger partial charge in [0, 0.05) is 55.6 Å². The predicted molar refractivity (Wildman–Crippen MR) is 125 cm³/mol. The van der Waals surface area contributed by atoms with Crippen molar-refractivity contribution in [2.24, 2.45) is 0 Å². The highest BCUT2D eigenvalue weighted by Gasteiger charge is 2.31. The molecule has 3 aromatic heterocycles. The molecular formula is C25H25FN6O. The Labute approximate surface area is 191 Å². The van der Waals surface area contributed by atoms with Crippen LogP contribution in [0.15, 0.2) is 54.7 Å². The lowest BCUT2D eigenvalue weighted by Crippen LogP contribution is -2.47. The largest absolute Gasteiger partial charge is 0.481 e. The topological polar surface area (TPSA) is 58.8 Å². The molecule has 33 heavy (non-hydrogen) atoms. The number of hydrogen-bond donors (Lipinski definition) is 0. The van der Waals surface area contributed by atoms with Crippen LogP contribution in [0.3, 0.4) is 0 Å². The quantitative estimate of drug-likeness (QED) is 0.466. The standard InChI is InChI=1S/C25H25FN6O/c1-33-23-16-18(10-11-27-23)25-24(17-2-4-19(26)5-3-17)28-21-8-9-22(29-32(21)25)31-14-12-30(13-15-31)20-6-7-20/h2-5,8-11,16,20H,6-7,12-15H2,1H3. The van der Waals surface area contributed by atoms with E-state index in [1.54, 1.807) is 25.4 Å². The van der Waals surface area contributed by atoms with Crippen LogP contribution in [-0.4, -0.2) is 63.8 Å². The summed E-state index contributed by atoms with van der Waals surface area (Å²) < 4.78 is 20.8. The number of halogens is 1. The molecule has 0 atom stereocenters. The second kappa shape index (κ2) is 8.12. The van der Waals surface area contributed by atoms with E-state index in [0.717, 1.165) is 66.2 Å². The van der Waals surface area contributed by atoms with Crippen molar-refractivity contribution in [3.63, 3.8) is 0 Å². The summed E-state index contributed by atoms with van der Waals surface area (Å²) in [4.78, 5) is 14.0. The van der Waals surface area contributed by atoms with E-state index in [2.05, 4.69) is 14.8 Å². The van der Waals surface area contributed by atoms with Gasteiger partial charge in [0.15, 0.2) is 5.65 Å². The minimum absolute atomic E-state index is 0.277. The van der Waals surface area contributed by atoms with Crippen molar-refractivity contribution in [1.29, 1.82) is 0 Å². The first-order chi connectivity index (χ1) is 16.2. The van der Waals surface area contributed by atoms with Gasteiger partial charge in [-0.25, -0.2) is 18.9 Å². The van der Waals surface area contributed by atoms with E-state index in [4.69, 9.17) is 14.8 Å². The maximum absolute atomic E-state index is 13.6. The number of pyridine rings is 1. The van der Waals surface area contributed by atoms with E-state index in [1.165, 1.54) is 25.0 Å². The van der Waals surface area contributed by atoms with Crippen molar-refractivity contribution >= 4 is 11.5 Å². The molecule has 1 aliphatic carbocycles. The Kier molecular flexibility index (Phi) is 4.95. The zero-order valence-corrected chi connectivity index (χ0v) is 18.5. The van der Waals surface area contributed by atoms with Crippen LogP contribution in [0.1, 0.15) is 12.8 Å². The first kappa shape index (κ1) is 20.1. The van der Waals surface area contributed by atoms with Gasteiger partial charge in [-0.3, -0.25) is 4.90 Å². The molecule has 0 bridgehead atoms. The van der Waals surface area contributed by atoms with E-state index in [1.807, 2.05) is 28.8 Å². The number of ether oxygens (including phenoxy) is 1. The molecule has 168 valence electrons. The van der Waals surface area contributed by atoms with Gasteiger partial charge in [0.1, 0.15) is 17.3 Å². The van der Waals surface area contributed by atoms with Crippen LogP contribution in [0.25, 0.3) is 28.2 Å². The van der Waals surface area contributed by atoms with Crippen LogP contribution in [0.2, 0.25) is 0 Å². The van der Waals surface area contributed by atoms with Gasteiger partial charge in [-0.05, 0) is 55.3 Å². The lowest BCUT2D eigenvalue weighted by Gasteiger charge is -2.35. The number of hydrogen-bond acceptors (Lipinski definition) is 6. The van der Waals surface area contributed by atoms with Crippen LogP contribution >= 0.6 is 0 Å². The number of benzene rings is 1. The van der Waals surface area contributed by atoms with Crippen LogP contribution in [0.5, 0.6) is 5.88 Å². The molecular weight excluding hydrogens is 419 g/mol. The number of aromatic nitrogens is 4. The molecule has 8 heteroatoms. The first-order valence-electron chi connectivity index (χ1n) is 11.3. The zero-order valence-electron chi connectivity index (χ0n) is 18.5. The highest BCUT2D eigenvalue weighted by molar-refractivity contribution is 5.82. The SMILES string of the molecule is COc1cc(-c2c(-c3ccc(F)cc3)nc3ccc(N4CCN(C5CC5)CC4)nn23)ccn1. The normalized spacial score (nSPS) is 17.0. The summed E-state index contributed by atoms with van der Waals surface area (Å²) in [5.41, 5.74) is 4.02. The lowest BCUT2D eigenvalue weighted by molar-refractivity contribution is 0.247. The van der Waals surface area contributed by atoms with Gasteiger partial charge in [-0.15, -0.1) is 5.10 Å². The molecule has 0 unspecified atom stereocenters. The lowest BCUT2D eigenvalue weighted by atomic mass is 10.1. The third kappa shape index (κ3) is 3.80. The molecule has 0 radical (unpaired) electrons. The van der Waals surface area contributed by atoms with Gasteiger partial charge >= 0.3 is 0 Å². The van der Waals surface area contributed by atoms with E-state index < -0.39 is 0 Å². The fourth-order valence-corrected chi connectivity index (χ4v) is 4.58. The summed E-state index contributed by atoms with van der Waals surface area (Å²) in [5, 5.41) is 5.01. The maximum Gasteiger partial charge on any atom is 0.213 e. The second-order valence-electron chi connectivity index (χ2n) is 8.62. The Balaban J connectivity index is 1.45. The summed E-state index contributed by atoms with van der Waals surface area (Å²) in [7, 11) is 1.60. The van der Waals surface area contributed by atoms with Gasteiger partial charge in [0.05, 0.1) is 12.8 Å². The van der Waals surface area contributed by atoms with Crippen LogP contribution < -0.4 is 9.64 Å². The maximum atomic E-state index is 13.6. The smallest absolute Gasteiger partial charge is 0.213 e. The van der Waals surface area contributed by atoms with Crippen molar-refractivity contribution < 1.29 is 9.13 Å². The number of anilines is 1. The van der Waals surface area contributed by atoms with Crippen LogP contribution in [0.4, 0.5) is 10.2 Å². The van der Waals surface area contributed by atoms with Gasteiger partial charge in [0.25, 0.3) is 0 Å². The summed E-state index contributed by atoms with van der Waals surface area (Å²) in [5.74, 6) is 1.17. The molecule has 2 fully saturated rings. The number of nitrogens with zero attached hydrogens (tertiary/aromatic N) is 6. The third-order valence-corrected chi connectivity index (χ3v) is 6.50. The highest BCUT2D eigenvalue weighted by atomic mass is 19.1. The van der Waals surface area contributed by atoms with E-state index >= 15 is 0 Å². The van der Waals surface area contributed by atoms with Gasteiger partial charge in [-0.2, -0.15) is 0 Å². The Morgan fingerprint density at radius 3 is 2.45 bits per heavy atom. The number of imidazole rings is 1. The number of rotatable bonds is 5. The van der Waals surface area contributed by atoms with Crippen LogP contribution in [0, 0.1) is 5.82 Å². The highest BCUT2D eigenvalue weighted by Crippen LogP contribution is 2.34. The molecule has 0 N–H and O–H groups in total. The molecule has 1 saturated carbocycles. The number of methoxy groups -OCH3 is 1. The van der Waals surface area contributed by atoms with Gasteiger partial charge in [0.2, 0.25) is 5.88 Å². The Hall–Kier alpha value is -3.52. The Morgan fingerprint density at radius 2 is 1.73 bits per heavy atom. The van der Waals surface area contributed by atoms with Crippen molar-refractivity contribution in [3.8, 4) is 28.4 Å². The average Bonchev–Trinajstić information content (AvgIpc) is 3.64. The van der Waals surface area contributed by atoms with Gasteiger partial charge < -0.3 is 9.64 Å². The molecule has 7 nitrogen and oxygen atoms in total. The Morgan fingerprint density at radius 1 is 0.939 bits per heavy atom. The Bertz CT molecular complexity index is 1290. The fourth-order valence-electron chi connectivity index (χ4n) is 4.58. The summed E-state index contributed by atoms with van der Waals surface area (Å²) in [6, 6.07) is 15.0. The van der Waals surface area contributed by atoms with E-state index in [9.17, 15) is 4.39 Å². The number of piperazine rings is 1. The predicted octanol–water partition coefficient (Wildman–Crippen LogP) is 3.89. The monoisotopic (exact) mass is 444 g/mol. The van der Waals surface area contributed by atoms with Crippen molar-refractivity contribution in [3.05, 3.63) is 60.5 Å². The summed E-state index contributed by atoms with van der Waals surface area (Å²) >= 11 is 0. The zero-order chi connectivity index (χ0) is 22.4. The van der Waals surface area contributed by atoms with Crippen molar-refractivity contribution in [2.75, 3.05) is 38.2 Å². The van der Waals surface area contributed by atoms with Crippen LogP contribution in [-0.2, 0) is 0 Å². The second-order valence-corrected chi connectivity index (χ2v) is 8.62. The molecule has 1 saturated heterocycles. The van der Waals surface area contributed by atoms with E-state index in [0.29, 0.717) is 5.88 Å².